The van der Waals surface area contributed by atoms with Crippen molar-refractivity contribution in [3.63, 3.8) is 0 Å². The zero-order valence-electron chi connectivity index (χ0n) is 10.9. The second-order valence-corrected chi connectivity index (χ2v) is 4.85. The molecular formula is C14H14ClNO4. The zero-order chi connectivity index (χ0) is 14.7. The number of benzene rings is 1. The van der Waals surface area contributed by atoms with E-state index in [2.05, 4.69) is 5.32 Å². The Kier molecular flexibility index (Phi) is 4.29. The highest BCUT2D eigenvalue weighted by molar-refractivity contribution is 6.30. The van der Waals surface area contributed by atoms with E-state index < -0.39 is 17.9 Å². The molecule has 0 radical (unpaired) electrons. The molecule has 1 aliphatic heterocycles. The minimum atomic E-state index is -1.05. The number of hydrogen-bond acceptors (Lipinski definition) is 3. The van der Waals surface area contributed by atoms with Crippen molar-refractivity contribution in [2.24, 2.45) is 0 Å². The van der Waals surface area contributed by atoms with Crippen molar-refractivity contribution < 1.29 is 19.4 Å². The lowest BCUT2D eigenvalue weighted by Crippen LogP contribution is -2.41. The Labute approximate surface area is 121 Å². The van der Waals surface area contributed by atoms with Gasteiger partial charge in [0, 0.05) is 10.6 Å². The van der Waals surface area contributed by atoms with Crippen LogP contribution in [-0.2, 0) is 9.59 Å². The highest BCUT2D eigenvalue weighted by Gasteiger charge is 2.22. The molecule has 1 aliphatic rings. The summed E-state index contributed by atoms with van der Waals surface area (Å²) >= 11 is 5.89. The number of fused-ring (bicyclic) bond motifs is 1. The van der Waals surface area contributed by atoms with Gasteiger partial charge in [0.05, 0.1) is 5.57 Å². The van der Waals surface area contributed by atoms with Gasteiger partial charge in [0.15, 0.2) is 0 Å². The first-order valence-electron chi connectivity index (χ1n) is 6.18. The third-order valence-corrected chi connectivity index (χ3v) is 3.22. The molecule has 6 heteroatoms. The summed E-state index contributed by atoms with van der Waals surface area (Å²) in [7, 11) is 0. The van der Waals surface area contributed by atoms with E-state index in [0.29, 0.717) is 28.3 Å². The summed E-state index contributed by atoms with van der Waals surface area (Å²) < 4.78 is 5.45. The zero-order valence-corrected chi connectivity index (χ0v) is 11.6. The van der Waals surface area contributed by atoms with Crippen molar-refractivity contribution in [3.8, 4) is 5.75 Å². The average molecular weight is 296 g/mol. The molecule has 0 spiro atoms. The number of carboxylic acids is 1. The van der Waals surface area contributed by atoms with Crippen molar-refractivity contribution in [2.45, 2.75) is 19.4 Å². The van der Waals surface area contributed by atoms with E-state index in [9.17, 15) is 9.59 Å². The summed E-state index contributed by atoms with van der Waals surface area (Å²) in [5.41, 5.74) is 1.08. The molecule has 1 amide bonds. The number of carbonyl (C=O) groups excluding carboxylic acids is 1. The highest BCUT2D eigenvalue weighted by atomic mass is 35.5. The van der Waals surface area contributed by atoms with Crippen LogP contribution < -0.4 is 10.1 Å². The van der Waals surface area contributed by atoms with Crippen molar-refractivity contribution in [1.29, 1.82) is 0 Å². The topological polar surface area (TPSA) is 75.6 Å². The molecule has 2 N–H and O–H groups in total. The van der Waals surface area contributed by atoms with E-state index in [1.807, 2.05) is 0 Å². The highest BCUT2D eigenvalue weighted by Crippen LogP contribution is 2.28. The maximum Gasteiger partial charge on any atom is 0.326 e. The van der Waals surface area contributed by atoms with Gasteiger partial charge in [-0.2, -0.15) is 0 Å². The first-order valence-corrected chi connectivity index (χ1v) is 6.55. The summed E-state index contributed by atoms with van der Waals surface area (Å²) in [6.45, 7) is 1.80. The number of carbonyl (C=O) groups is 2. The molecule has 1 unspecified atom stereocenters. The lowest BCUT2D eigenvalue weighted by atomic mass is 10.1. The maximum atomic E-state index is 12.0. The molecule has 1 atom stereocenters. The van der Waals surface area contributed by atoms with Crippen molar-refractivity contribution >= 4 is 29.6 Å². The fraction of sp³-hybridized carbons (Fsp3) is 0.286. The molecule has 5 nitrogen and oxygen atoms in total. The first kappa shape index (κ1) is 14.4. The standard InChI is InChI=1S/C14H14ClNO4/c1-2-11(14(18)19)16-13(17)9-5-8-6-10(15)3-4-12(8)20-7-9/h3-6,11H,2,7H2,1H3,(H,16,17)(H,18,19). The Balaban J connectivity index is 2.18. The lowest BCUT2D eigenvalue weighted by molar-refractivity contribution is -0.141. The molecule has 2 rings (SSSR count). The number of halogens is 1. The van der Waals surface area contributed by atoms with Crippen molar-refractivity contribution in [2.75, 3.05) is 6.61 Å². The fourth-order valence-corrected chi connectivity index (χ4v) is 2.05. The van der Waals surface area contributed by atoms with E-state index >= 15 is 0 Å². The minimum absolute atomic E-state index is 0.108. The van der Waals surface area contributed by atoms with Crippen molar-refractivity contribution in [3.05, 3.63) is 34.4 Å². The Bertz CT molecular complexity index is 583. The van der Waals surface area contributed by atoms with E-state index in [0.717, 1.165) is 0 Å². The molecule has 0 saturated heterocycles. The molecule has 0 fully saturated rings. The monoisotopic (exact) mass is 295 g/mol. The number of rotatable bonds is 4. The van der Waals surface area contributed by atoms with Gasteiger partial charge in [0.25, 0.3) is 5.91 Å². The number of aliphatic carboxylic acids is 1. The summed E-state index contributed by atoms with van der Waals surface area (Å²) in [6.07, 6.45) is 1.98. The fourth-order valence-electron chi connectivity index (χ4n) is 1.87. The van der Waals surface area contributed by atoms with Crippen LogP contribution in [0.25, 0.3) is 6.08 Å². The smallest absolute Gasteiger partial charge is 0.326 e. The molecule has 20 heavy (non-hydrogen) atoms. The second-order valence-electron chi connectivity index (χ2n) is 4.41. The van der Waals surface area contributed by atoms with Crippen LogP contribution in [0, 0.1) is 0 Å². The molecule has 0 aliphatic carbocycles. The van der Waals surface area contributed by atoms with E-state index in [4.69, 9.17) is 21.4 Å². The third kappa shape index (κ3) is 3.11. The summed E-state index contributed by atoms with van der Waals surface area (Å²) in [5.74, 6) is -0.845. The minimum Gasteiger partial charge on any atom is -0.488 e. The van der Waals surface area contributed by atoms with Gasteiger partial charge in [-0.1, -0.05) is 18.5 Å². The average Bonchev–Trinajstić information content (AvgIpc) is 2.43. The molecule has 1 aromatic rings. The SMILES string of the molecule is CCC(NC(=O)C1=Cc2cc(Cl)ccc2OC1)C(=O)O. The number of hydrogen-bond donors (Lipinski definition) is 2. The van der Waals surface area contributed by atoms with E-state index in [1.165, 1.54) is 0 Å². The van der Waals surface area contributed by atoms with Gasteiger partial charge >= 0.3 is 5.97 Å². The summed E-state index contributed by atoms with van der Waals surface area (Å²) in [5, 5.41) is 11.9. The third-order valence-electron chi connectivity index (χ3n) is 2.99. The largest absolute Gasteiger partial charge is 0.488 e. The number of nitrogens with one attached hydrogen (secondary N) is 1. The van der Waals surface area contributed by atoms with Crippen LogP contribution in [0.4, 0.5) is 0 Å². The number of carboxylic acid groups (broad SMARTS) is 1. The van der Waals surface area contributed by atoms with Crippen LogP contribution in [0.1, 0.15) is 18.9 Å². The van der Waals surface area contributed by atoms with Gasteiger partial charge in [-0.15, -0.1) is 0 Å². The Hall–Kier alpha value is -2.01. The van der Waals surface area contributed by atoms with Gasteiger partial charge in [0.2, 0.25) is 0 Å². The molecule has 0 saturated carbocycles. The Morgan fingerprint density at radius 2 is 2.25 bits per heavy atom. The molecule has 106 valence electrons. The van der Waals surface area contributed by atoms with E-state index in [1.54, 1.807) is 31.2 Å². The number of ether oxygens (including phenoxy) is 1. The summed E-state index contributed by atoms with van der Waals surface area (Å²) in [4.78, 5) is 22.9. The molecule has 0 bridgehead atoms. The molecule has 1 heterocycles. The van der Waals surface area contributed by atoms with Crippen LogP contribution in [0.5, 0.6) is 5.75 Å². The predicted molar refractivity (Wildman–Crippen MR) is 74.8 cm³/mol. The number of amides is 1. The van der Waals surface area contributed by atoms with Gasteiger partial charge in [-0.25, -0.2) is 4.79 Å². The molecule has 1 aromatic carbocycles. The second kappa shape index (κ2) is 5.96. The maximum absolute atomic E-state index is 12.0. The molecular weight excluding hydrogens is 282 g/mol. The van der Waals surface area contributed by atoms with Gasteiger partial charge < -0.3 is 15.2 Å². The lowest BCUT2D eigenvalue weighted by Gasteiger charge is -2.19. The first-order chi connectivity index (χ1) is 9.51. The van der Waals surface area contributed by atoms with Crippen molar-refractivity contribution in [1.82, 2.24) is 5.32 Å². The Morgan fingerprint density at radius 3 is 2.90 bits per heavy atom. The van der Waals surface area contributed by atoms with Gasteiger partial charge in [-0.3, -0.25) is 4.79 Å². The van der Waals surface area contributed by atoms with E-state index in [-0.39, 0.29) is 6.61 Å². The predicted octanol–water partition coefficient (Wildman–Crippen LogP) is 2.10. The van der Waals surface area contributed by atoms with Crippen LogP contribution in [-0.4, -0.2) is 29.6 Å². The van der Waals surface area contributed by atoms with Crippen LogP contribution in [0.2, 0.25) is 5.02 Å². The summed E-state index contributed by atoms with van der Waals surface area (Å²) in [6, 6.07) is 4.23. The van der Waals surface area contributed by atoms with Gasteiger partial charge in [-0.05, 0) is 30.7 Å². The van der Waals surface area contributed by atoms with Gasteiger partial charge in [0.1, 0.15) is 18.4 Å². The van der Waals surface area contributed by atoms with Crippen LogP contribution >= 0.6 is 11.6 Å². The Morgan fingerprint density at radius 1 is 1.50 bits per heavy atom. The normalized spacial score (nSPS) is 14.6. The molecule has 0 aromatic heterocycles. The quantitative estimate of drug-likeness (QED) is 0.892. The van der Waals surface area contributed by atoms with Crippen LogP contribution in [0.3, 0.4) is 0 Å². The van der Waals surface area contributed by atoms with Crippen LogP contribution in [0.15, 0.2) is 23.8 Å².